The van der Waals surface area contributed by atoms with Crippen LogP contribution in [0.25, 0.3) is 9.88 Å². The van der Waals surface area contributed by atoms with E-state index in [4.69, 9.17) is 9.47 Å². The second-order valence-electron chi connectivity index (χ2n) is 8.60. The highest BCUT2D eigenvalue weighted by atomic mass is 32.1. The van der Waals surface area contributed by atoms with E-state index in [1.807, 2.05) is 31.4 Å². The van der Waals surface area contributed by atoms with Crippen LogP contribution in [0, 0.1) is 5.92 Å². The monoisotopic (exact) mass is 491 g/mol. The van der Waals surface area contributed by atoms with Crippen molar-refractivity contribution >= 4 is 40.5 Å². The normalized spacial score (nSPS) is 22.4. The molecule has 0 radical (unpaired) electrons. The van der Waals surface area contributed by atoms with E-state index in [-0.39, 0.29) is 24.5 Å². The zero-order valence-corrected chi connectivity index (χ0v) is 20.9. The molecular weight excluding hydrogens is 462 g/mol. The van der Waals surface area contributed by atoms with Gasteiger partial charge in [0.1, 0.15) is 16.6 Å². The van der Waals surface area contributed by atoms with E-state index >= 15 is 0 Å². The number of nitrogens with zero attached hydrogens (tertiary/aromatic N) is 3. The summed E-state index contributed by atoms with van der Waals surface area (Å²) in [5.74, 6) is -1.45. The number of carbonyl (C=O) groups is 3. The molecule has 4 heterocycles. The Morgan fingerprint density at radius 2 is 2.00 bits per heavy atom. The van der Waals surface area contributed by atoms with Crippen LogP contribution in [0.1, 0.15) is 44.1 Å². The molecular formula is C23H29N3O5S2. The van der Waals surface area contributed by atoms with Gasteiger partial charge in [0.15, 0.2) is 6.10 Å². The molecule has 0 unspecified atom stereocenters. The maximum Gasteiger partial charge on any atom is 0.314 e. The quantitative estimate of drug-likeness (QED) is 0.576. The molecule has 0 N–H and O–H groups in total. The summed E-state index contributed by atoms with van der Waals surface area (Å²) in [4.78, 5) is 48.5. The van der Waals surface area contributed by atoms with E-state index in [1.165, 1.54) is 18.4 Å². The largest absolute Gasteiger partial charge is 0.466 e. The standard InChI is InChI=1S/C23H29N3O5S2/c1-5-31-22(29)17-18(30-4)21(28)26(14(2)3)23(17)8-10-25(11-9-23)20(27)15-13-33-19(24-15)16-7-6-12-32-16/h6-7,12-14,17-18H,5,8-11H2,1-4H3/t17-,18+/m0/s1. The van der Waals surface area contributed by atoms with Gasteiger partial charge in [-0.1, -0.05) is 6.07 Å². The van der Waals surface area contributed by atoms with Gasteiger partial charge in [0.05, 0.1) is 17.0 Å². The third-order valence-corrected chi connectivity index (χ3v) is 8.41. The zero-order valence-electron chi connectivity index (χ0n) is 19.3. The lowest BCUT2D eigenvalue weighted by molar-refractivity contribution is -0.157. The molecule has 2 saturated heterocycles. The van der Waals surface area contributed by atoms with Crippen LogP contribution < -0.4 is 0 Å². The van der Waals surface area contributed by atoms with Crippen molar-refractivity contribution in [3.8, 4) is 9.88 Å². The Balaban J connectivity index is 1.56. The number of likely N-dealkylation sites (tertiary alicyclic amines) is 2. The average Bonchev–Trinajstić information content (AvgIpc) is 3.52. The fraction of sp³-hybridized carbons (Fsp3) is 0.565. The Bertz CT molecular complexity index is 1010. The Morgan fingerprint density at radius 3 is 2.58 bits per heavy atom. The van der Waals surface area contributed by atoms with Gasteiger partial charge in [0.25, 0.3) is 11.8 Å². The molecule has 178 valence electrons. The van der Waals surface area contributed by atoms with E-state index in [0.717, 1.165) is 9.88 Å². The van der Waals surface area contributed by atoms with E-state index < -0.39 is 23.5 Å². The molecule has 0 bridgehead atoms. The summed E-state index contributed by atoms with van der Waals surface area (Å²) in [5.41, 5.74) is -0.307. The highest BCUT2D eigenvalue weighted by molar-refractivity contribution is 7.20. The fourth-order valence-electron chi connectivity index (χ4n) is 5.21. The molecule has 2 aromatic rings. The number of hydrogen-bond acceptors (Lipinski definition) is 8. The molecule has 4 rings (SSSR count). The smallest absolute Gasteiger partial charge is 0.314 e. The number of ether oxygens (including phenoxy) is 2. The molecule has 2 aliphatic rings. The first kappa shape index (κ1) is 23.8. The predicted octanol–water partition coefficient (Wildman–Crippen LogP) is 3.29. The van der Waals surface area contributed by atoms with Crippen molar-refractivity contribution in [2.75, 3.05) is 26.8 Å². The van der Waals surface area contributed by atoms with Gasteiger partial charge in [-0.25, -0.2) is 4.98 Å². The number of carbonyl (C=O) groups excluding carboxylic acids is 3. The highest BCUT2D eigenvalue weighted by Gasteiger charge is 2.63. The number of hydrogen-bond donors (Lipinski definition) is 0. The molecule has 2 atom stereocenters. The molecule has 1 spiro atoms. The Kier molecular flexibility index (Phi) is 6.88. The SMILES string of the molecule is CCOC(=O)[C@@H]1[C@@H](OC)C(=O)N(C(C)C)C12CCN(C(=O)c1csc(-c3cccs3)n1)CC2. The minimum Gasteiger partial charge on any atom is -0.466 e. The van der Waals surface area contributed by atoms with Gasteiger partial charge in [-0.05, 0) is 45.1 Å². The van der Waals surface area contributed by atoms with E-state index in [2.05, 4.69) is 4.98 Å². The van der Waals surface area contributed by atoms with Crippen molar-refractivity contribution in [1.82, 2.24) is 14.8 Å². The average molecular weight is 492 g/mol. The van der Waals surface area contributed by atoms with Crippen molar-refractivity contribution in [2.24, 2.45) is 5.92 Å². The molecule has 0 aromatic carbocycles. The molecule has 2 aromatic heterocycles. The van der Waals surface area contributed by atoms with Crippen LogP contribution >= 0.6 is 22.7 Å². The van der Waals surface area contributed by atoms with Crippen molar-refractivity contribution in [3.05, 3.63) is 28.6 Å². The van der Waals surface area contributed by atoms with Gasteiger partial charge < -0.3 is 19.3 Å². The molecule has 2 aliphatic heterocycles. The van der Waals surface area contributed by atoms with Crippen LogP contribution in [0.3, 0.4) is 0 Å². The predicted molar refractivity (Wildman–Crippen MR) is 126 cm³/mol. The van der Waals surface area contributed by atoms with E-state index in [1.54, 1.807) is 33.4 Å². The summed E-state index contributed by atoms with van der Waals surface area (Å²) >= 11 is 3.05. The fourth-order valence-corrected chi connectivity index (χ4v) is 6.82. The van der Waals surface area contributed by atoms with Crippen LogP contribution in [0.2, 0.25) is 0 Å². The van der Waals surface area contributed by atoms with Crippen molar-refractivity contribution < 1.29 is 23.9 Å². The second-order valence-corrected chi connectivity index (χ2v) is 10.4. The lowest BCUT2D eigenvalue weighted by Crippen LogP contribution is -2.60. The first-order valence-electron chi connectivity index (χ1n) is 11.1. The summed E-state index contributed by atoms with van der Waals surface area (Å²) in [6, 6.07) is 3.84. The molecule has 2 amide bonds. The minimum atomic E-state index is -0.874. The Morgan fingerprint density at radius 1 is 1.27 bits per heavy atom. The number of rotatable bonds is 6. The van der Waals surface area contributed by atoms with Gasteiger partial charge in [-0.15, -0.1) is 22.7 Å². The van der Waals surface area contributed by atoms with Crippen LogP contribution in [0.15, 0.2) is 22.9 Å². The van der Waals surface area contributed by atoms with Crippen LogP contribution in [-0.4, -0.2) is 77.1 Å². The Labute approximate surface area is 201 Å². The van der Waals surface area contributed by atoms with Gasteiger partial charge in [-0.2, -0.15) is 0 Å². The molecule has 2 fully saturated rings. The number of thiophene rings is 1. The second kappa shape index (κ2) is 9.52. The Hall–Kier alpha value is -2.30. The maximum absolute atomic E-state index is 13.2. The number of aromatic nitrogens is 1. The van der Waals surface area contributed by atoms with E-state index in [9.17, 15) is 14.4 Å². The highest BCUT2D eigenvalue weighted by Crippen LogP contribution is 2.46. The van der Waals surface area contributed by atoms with Gasteiger partial charge in [-0.3, -0.25) is 14.4 Å². The number of thiazole rings is 1. The van der Waals surface area contributed by atoms with Crippen LogP contribution in [0.4, 0.5) is 0 Å². The third kappa shape index (κ3) is 4.08. The number of esters is 1. The zero-order chi connectivity index (χ0) is 23.8. The number of amides is 2. The maximum atomic E-state index is 13.2. The molecule has 8 nitrogen and oxygen atoms in total. The summed E-state index contributed by atoms with van der Waals surface area (Å²) < 4.78 is 10.9. The van der Waals surface area contributed by atoms with Crippen molar-refractivity contribution in [3.63, 3.8) is 0 Å². The van der Waals surface area contributed by atoms with Crippen molar-refractivity contribution in [2.45, 2.75) is 51.3 Å². The van der Waals surface area contributed by atoms with Crippen LogP contribution in [-0.2, 0) is 19.1 Å². The van der Waals surface area contributed by atoms with Gasteiger partial charge >= 0.3 is 5.97 Å². The molecule has 0 saturated carbocycles. The van der Waals surface area contributed by atoms with Gasteiger partial charge in [0, 0.05) is 31.6 Å². The summed E-state index contributed by atoms with van der Waals surface area (Å²) in [6.07, 6.45) is 0.0857. The summed E-state index contributed by atoms with van der Waals surface area (Å²) in [6.45, 7) is 6.72. The topological polar surface area (TPSA) is 89.0 Å². The molecule has 33 heavy (non-hydrogen) atoms. The van der Waals surface area contributed by atoms with Gasteiger partial charge in [0.2, 0.25) is 0 Å². The number of methoxy groups -OCH3 is 1. The molecule has 10 heteroatoms. The van der Waals surface area contributed by atoms with Crippen LogP contribution in [0.5, 0.6) is 0 Å². The first-order valence-corrected chi connectivity index (χ1v) is 12.9. The summed E-state index contributed by atoms with van der Waals surface area (Å²) in [7, 11) is 1.46. The minimum absolute atomic E-state index is 0.108. The first-order chi connectivity index (χ1) is 15.8. The summed E-state index contributed by atoms with van der Waals surface area (Å²) in [5, 5.41) is 4.61. The van der Waals surface area contributed by atoms with E-state index in [0.29, 0.717) is 31.6 Å². The third-order valence-electron chi connectivity index (χ3n) is 6.52. The lowest BCUT2D eigenvalue weighted by atomic mass is 9.75. The number of piperidine rings is 1. The lowest BCUT2D eigenvalue weighted by Gasteiger charge is -2.48. The van der Waals surface area contributed by atoms with Crippen molar-refractivity contribution in [1.29, 1.82) is 0 Å². The molecule has 0 aliphatic carbocycles.